The zero-order valence-electron chi connectivity index (χ0n) is 17.9. The number of carbonyl (C=O) groups is 2. The number of pyridine rings is 1. The fourth-order valence-electron chi connectivity index (χ4n) is 3.61. The molecule has 3 aromatic carbocycles. The van der Waals surface area contributed by atoms with E-state index in [1.165, 1.54) is 37.3 Å². The molecule has 1 atom stereocenters. The molecule has 0 aliphatic heterocycles. The van der Waals surface area contributed by atoms with Crippen LogP contribution in [-0.4, -0.2) is 33.2 Å². The summed E-state index contributed by atoms with van der Waals surface area (Å²) >= 11 is 0. The average Bonchev–Trinajstić information content (AvgIpc) is 2.84. The SMILES string of the molecule is CC(Nc1c(C#N)c(-c2ccc(-c3ccc(C(=O)O)cc3)cc2)nc2ccc(F)cc12)C(=O)O. The minimum atomic E-state index is -1.12. The van der Waals surface area contributed by atoms with Gasteiger partial charge in [0, 0.05) is 10.9 Å². The molecule has 0 bridgehead atoms. The molecule has 7 nitrogen and oxygen atoms in total. The van der Waals surface area contributed by atoms with Gasteiger partial charge in [0.25, 0.3) is 0 Å². The molecule has 0 aliphatic rings. The number of anilines is 1. The molecule has 0 fully saturated rings. The van der Waals surface area contributed by atoms with Crippen molar-refractivity contribution in [1.82, 2.24) is 4.98 Å². The topological polar surface area (TPSA) is 123 Å². The van der Waals surface area contributed by atoms with Gasteiger partial charge in [0.1, 0.15) is 23.5 Å². The van der Waals surface area contributed by atoms with Gasteiger partial charge in [-0.3, -0.25) is 4.79 Å². The average molecular weight is 455 g/mol. The second-order valence-corrected chi connectivity index (χ2v) is 7.65. The van der Waals surface area contributed by atoms with Crippen molar-refractivity contribution in [3.05, 3.63) is 83.7 Å². The maximum atomic E-state index is 14.0. The van der Waals surface area contributed by atoms with E-state index in [-0.39, 0.29) is 16.8 Å². The zero-order chi connectivity index (χ0) is 24.4. The third-order valence-electron chi connectivity index (χ3n) is 5.41. The summed E-state index contributed by atoms with van der Waals surface area (Å²) in [7, 11) is 0. The number of hydrogen-bond donors (Lipinski definition) is 3. The minimum absolute atomic E-state index is 0.102. The van der Waals surface area contributed by atoms with E-state index in [2.05, 4.69) is 16.4 Å². The maximum Gasteiger partial charge on any atom is 0.335 e. The molecule has 1 unspecified atom stereocenters. The van der Waals surface area contributed by atoms with Gasteiger partial charge in [-0.25, -0.2) is 14.2 Å². The van der Waals surface area contributed by atoms with E-state index in [1.807, 2.05) is 12.1 Å². The number of nitrogens with one attached hydrogen (secondary N) is 1. The number of halogens is 1. The summed E-state index contributed by atoms with van der Waals surface area (Å²) in [5, 5.41) is 31.5. The second-order valence-electron chi connectivity index (χ2n) is 7.65. The summed E-state index contributed by atoms with van der Waals surface area (Å²) in [6.07, 6.45) is 0. The smallest absolute Gasteiger partial charge is 0.335 e. The van der Waals surface area contributed by atoms with Gasteiger partial charge in [0.2, 0.25) is 0 Å². The van der Waals surface area contributed by atoms with Crippen molar-refractivity contribution in [2.24, 2.45) is 0 Å². The van der Waals surface area contributed by atoms with Gasteiger partial charge >= 0.3 is 11.9 Å². The highest BCUT2D eigenvalue weighted by molar-refractivity contribution is 5.99. The number of rotatable bonds is 6. The number of nitriles is 1. The quantitative estimate of drug-likeness (QED) is 0.367. The van der Waals surface area contributed by atoms with Crippen LogP contribution in [0.3, 0.4) is 0 Å². The summed E-state index contributed by atoms with van der Waals surface area (Å²) < 4.78 is 14.0. The van der Waals surface area contributed by atoms with Crippen LogP contribution >= 0.6 is 0 Å². The van der Waals surface area contributed by atoms with Gasteiger partial charge in [0.15, 0.2) is 0 Å². The van der Waals surface area contributed by atoms with E-state index in [1.54, 1.807) is 24.3 Å². The normalized spacial score (nSPS) is 11.6. The number of benzene rings is 3. The van der Waals surface area contributed by atoms with E-state index in [0.29, 0.717) is 22.2 Å². The summed E-state index contributed by atoms with van der Waals surface area (Å²) in [6.45, 7) is 1.43. The van der Waals surface area contributed by atoms with Crippen LogP contribution in [0.1, 0.15) is 22.8 Å². The van der Waals surface area contributed by atoms with Crippen LogP contribution in [0, 0.1) is 17.1 Å². The lowest BCUT2D eigenvalue weighted by Crippen LogP contribution is -2.26. The van der Waals surface area contributed by atoms with Crippen LogP contribution in [0.25, 0.3) is 33.3 Å². The number of fused-ring (bicyclic) bond motifs is 1. The van der Waals surface area contributed by atoms with Crippen molar-refractivity contribution in [2.75, 3.05) is 5.32 Å². The highest BCUT2D eigenvalue weighted by Gasteiger charge is 2.21. The number of carboxylic acids is 2. The van der Waals surface area contributed by atoms with Crippen LogP contribution in [0.5, 0.6) is 0 Å². The number of aromatic carboxylic acids is 1. The van der Waals surface area contributed by atoms with E-state index in [9.17, 15) is 24.3 Å². The Kier molecular flexibility index (Phi) is 5.94. The predicted molar refractivity (Wildman–Crippen MR) is 125 cm³/mol. The largest absolute Gasteiger partial charge is 0.480 e. The molecule has 0 radical (unpaired) electrons. The van der Waals surface area contributed by atoms with Crippen molar-refractivity contribution in [3.63, 3.8) is 0 Å². The van der Waals surface area contributed by atoms with E-state index >= 15 is 0 Å². The molecule has 34 heavy (non-hydrogen) atoms. The number of hydrogen-bond acceptors (Lipinski definition) is 5. The zero-order valence-corrected chi connectivity index (χ0v) is 17.9. The van der Waals surface area contributed by atoms with Gasteiger partial charge in [-0.2, -0.15) is 5.26 Å². The van der Waals surface area contributed by atoms with Crippen molar-refractivity contribution in [2.45, 2.75) is 13.0 Å². The molecule has 0 amide bonds. The molecular weight excluding hydrogens is 437 g/mol. The Morgan fingerprint density at radius 2 is 1.56 bits per heavy atom. The number of aromatic nitrogens is 1. The van der Waals surface area contributed by atoms with Crippen molar-refractivity contribution < 1.29 is 24.2 Å². The van der Waals surface area contributed by atoms with Crippen LogP contribution < -0.4 is 5.32 Å². The Balaban J connectivity index is 1.82. The third-order valence-corrected chi connectivity index (χ3v) is 5.41. The lowest BCUT2D eigenvalue weighted by atomic mass is 9.98. The Labute approximate surface area is 193 Å². The molecule has 8 heteroatoms. The second kappa shape index (κ2) is 9.00. The van der Waals surface area contributed by atoms with Gasteiger partial charge in [-0.05, 0) is 48.4 Å². The van der Waals surface area contributed by atoms with E-state index in [4.69, 9.17) is 5.11 Å². The number of nitrogens with zero attached hydrogens (tertiary/aromatic N) is 2. The summed E-state index contributed by atoms with van der Waals surface area (Å²) in [5.74, 6) is -2.66. The Morgan fingerprint density at radius 3 is 2.12 bits per heavy atom. The Hall–Kier alpha value is -4.77. The highest BCUT2D eigenvalue weighted by Crippen LogP contribution is 2.35. The summed E-state index contributed by atoms with van der Waals surface area (Å²) in [5.41, 5.74) is 3.48. The molecule has 4 aromatic rings. The fourth-order valence-corrected chi connectivity index (χ4v) is 3.61. The molecule has 0 aliphatic carbocycles. The monoisotopic (exact) mass is 455 g/mol. The molecule has 1 aromatic heterocycles. The molecule has 168 valence electrons. The first-order valence-corrected chi connectivity index (χ1v) is 10.3. The molecule has 0 saturated carbocycles. The van der Waals surface area contributed by atoms with E-state index < -0.39 is 23.8 Å². The number of aliphatic carboxylic acids is 1. The molecular formula is C26H18FN3O4. The lowest BCUT2D eigenvalue weighted by Gasteiger charge is -2.17. The molecule has 0 spiro atoms. The first-order chi connectivity index (χ1) is 16.3. The van der Waals surface area contributed by atoms with Crippen LogP contribution in [0.4, 0.5) is 10.1 Å². The molecule has 1 heterocycles. The first-order valence-electron chi connectivity index (χ1n) is 10.3. The van der Waals surface area contributed by atoms with Gasteiger partial charge in [0.05, 0.1) is 22.5 Å². The van der Waals surface area contributed by atoms with Crippen LogP contribution in [0.15, 0.2) is 66.7 Å². The highest BCUT2D eigenvalue weighted by atomic mass is 19.1. The molecule has 3 N–H and O–H groups in total. The minimum Gasteiger partial charge on any atom is -0.480 e. The Bertz CT molecular complexity index is 1460. The summed E-state index contributed by atoms with van der Waals surface area (Å²) in [6, 6.07) is 18.6. The maximum absolute atomic E-state index is 14.0. The van der Waals surface area contributed by atoms with Gasteiger partial charge < -0.3 is 15.5 Å². The fraction of sp³-hybridized carbons (Fsp3) is 0.0769. The lowest BCUT2D eigenvalue weighted by molar-refractivity contribution is -0.137. The standard InChI is InChI=1S/C26H18FN3O4/c1-14(25(31)32)29-24-20-12-19(27)10-11-22(20)30-23(21(24)13-28)17-6-2-15(3-7-17)16-4-8-18(9-5-16)26(33)34/h2-12,14H,1H3,(H,29,30)(H,31,32)(H,33,34). The summed E-state index contributed by atoms with van der Waals surface area (Å²) in [4.78, 5) is 27.0. The first kappa shape index (κ1) is 22.4. The van der Waals surface area contributed by atoms with Crippen molar-refractivity contribution >= 4 is 28.5 Å². The van der Waals surface area contributed by atoms with Gasteiger partial charge in [-0.1, -0.05) is 36.4 Å². The van der Waals surface area contributed by atoms with Crippen molar-refractivity contribution in [1.29, 1.82) is 5.26 Å². The number of carboxylic acid groups (broad SMARTS) is 2. The molecule has 0 saturated heterocycles. The molecule has 4 rings (SSSR count). The van der Waals surface area contributed by atoms with Crippen molar-refractivity contribution in [3.8, 4) is 28.5 Å². The predicted octanol–water partition coefficient (Wildman–Crippen LogP) is 5.16. The van der Waals surface area contributed by atoms with Crippen LogP contribution in [0.2, 0.25) is 0 Å². The van der Waals surface area contributed by atoms with E-state index in [0.717, 1.165) is 11.1 Å². The van der Waals surface area contributed by atoms with Gasteiger partial charge in [-0.15, -0.1) is 0 Å². The Morgan fingerprint density at radius 1 is 0.971 bits per heavy atom. The third kappa shape index (κ3) is 4.27. The van der Waals surface area contributed by atoms with Crippen LogP contribution in [-0.2, 0) is 4.79 Å².